The van der Waals surface area contributed by atoms with Gasteiger partial charge in [-0.3, -0.25) is 0 Å². The first-order valence-corrected chi connectivity index (χ1v) is 11.5. The lowest BCUT2D eigenvalue weighted by molar-refractivity contribution is 0.234. The van der Waals surface area contributed by atoms with E-state index in [4.69, 9.17) is 19.1 Å². The smallest absolute Gasteiger partial charge is 0.241 e. The van der Waals surface area contributed by atoms with E-state index in [9.17, 15) is 0 Å². The summed E-state index contributed by atoms with van der Waals surface area (Å²) in [5.41, 5.74) is 4.53. The maximum Gasteiger partial charge on any atom is 0.241 e. The van der Waals surface area contributed by atoms with Gasteiger partial charge in [-0.25, -0.2) is 9.97 Å². The maximum atomic E-state index is 6.01. The minimum Gasteiger partial charge on any atom is -0.473 e. The number of benzene rings is 2. The molecule has 2 aromatic carbocycles. The fraction of sp³-hybridized carbons (Fsp3) is 0.333. The summed E-state index contributed by atoms with van der Waals surface area (Å²) >= 11 is 0. The van der Waals surface area contributed by atoms with Crippen LogP contribution >= 0.6 is 0 Å². The van der Waals surface area contributed by atoms with Crippen LogP contribution in [-0.4, -0.2) is 26.3 Å². The zero-order valence-electron chi connectivity index (χ0n) is 19.7. The second kappa shape index (κ2) is 10.4. The van der Waals surface area contributed by atoms with Crippen LogP contribution in [0.2, 0.25) is 0 Å². The molecule has 6 heteroatoms. The quantitative estimate of drug-likeness (QED) is 0.271. The van der Waals surface area contributed by atoms with Gasteiger partial charge in [0, 0.05) is 17.9 Å². The number of hydrogen-bond acceptors (Lipinski definition) is 6. The summed E-state index contributed by atoms with van der Waals surface area (Å²) in [4.78, 5) is 9.59. The number of aromatic nitrogens is 4. The monoisotopic (exact) mass is 442 g/mol. The number of allylic oxidation sites excluding steroid dienone is 1. The van der Waals surface area contributed by atoms with Crippen LogP contribution in [0.4, 0.5) is 0 Å². The lowest BCUT2D eigenvalue weighted by Gasteiger charge is -2.14. The molecule has 170 valence electrons. The number of para-hydroxylation sites is 2. The molecule has 6 nitrogen and oxygen atoms in total. The minimum absolute atomic E-state index is 0.0118. The zero-order valence-corrected chi connectivity index (χ0v) is 19.7. The Kier molecular flexibility index (Phi) is 7.13. The SMILES string of the molecule is CC(C)Oc1nc2ccccc2nc1-c1cccc(/C=C/CCCc2nnc(C(C)C)o2)c1. The van der Waals surface area contributed by atoms with Crippen molar-refractivity contribution < 1.29 is 9.15 Å². The number of fused-ring (bicyclic) bond motifs is 1. The molecule has 0 bridgehead atoms. The van der Waals surface area contributed by atoms with E-state index in [-0.39, 0.29) is 12.0 Å². The average molecular weight is 443 g/mol. The molecule has 0 atom stereocenters. The Hall–Kier alpha value is -3.54. The molecule has 0 aliphatic rings. The Labute approximate surface area is 194 Å². The van der Waals surface area contributed by atoms with Crippen LogP contribution in [0.15, 0.2) is 59.0 Å². The van der Waals surface area contributed by atoms with Crippen molar-refractivity contribution in [1.29, 1.82) is 0 Å². The van der Waals surface area contributed by atoms with E-state index in [1.807, 2.05) is 50.2 Å². The van der Waals surface area contributed by atoms with Gasteiger partial charge >= 0.3 is 0 Å². The number of unbranched alkanes of at least 4 members (excludes halogenated alkanes) is 1. The van der Waals surface area contributed by atoms with Crippen LogP contribution in [0.25, 0.3) is 28.4 Å². The van der Waals surface area contributed by atoms with E-state index in [2.05, 4.69) is 48.3 Å². The Morgan fingerprint density at radius 2 is 1.73 bits per heavy atom. The highest BCUT2D eigenvalue weighted by atomic mass is 16.5. The van der Waals surface area contributed by atoms with Crippen LogP contribution in [0.3, 0.4) is 0 Å². The van der Waals surface area contributed by atoms with E-state index < -0.39 is 0 Å². The first kappa shape index (κ1) is 22.6. The van der Waals surface area contributed by atoms with Gasteiger partial charge in [0.1, 0.15) is 5.69 Å². The van der Waals surface area contributed by atoms with Crippen molar-refractivity contribution in [1.82, 2.24) is 20.2 Å². The van der Waals surface area contributed by atoms with E-state index in [0.29, 0.717) is 17.7 Å². The number of ether oxygens (including phenoxy) is 1. The number of aryl methyl sites for hydroxylation is 1. The molecular formula is C27H30N4O2. The van der Waals surface area contributed by atoms with Crippen molar-refractivity contribution in [3.63, 3.8) is 0 Å². The van der Waals surface area contributed by atoms with Gasteiger partial charge in [-0.1, -0.05) is 56.3 Å². The zero-order chi connectivity index (χ0) is 23.2. The topological polar surface area (TPSA) is 73.9 Å². The molecule has 33 heavy (non-hydrogen) atoms. The number of hydrogen-bond donors (Lipinski definition) is 0. The standard InChI is InChI=1S/C27H30N4O2/c1-18(2)26-31-30-24(33-26)16-7-5-6-11-20-12-10-13-21(17-20)25-27(32-19(3)4)29-23-15-9-8-14-22(23)28-25/h6,8-15,17-19H,5,7,16H2,1-4H3/b11-6+. The molecule has 0 N–H and O–H groups in total. The van der Waals surface area contributed by atoms with Crippen LogP contribution in [0, 0.1) is 0 Å². The van der Waals surface area contributed by atoms with Crippen LogP contribution < -0.4 is 4.74 Å². The third-order valence-electron chi connectivity index (χ3n) is 5.09. The van der Waals surface area contributed by atoms with Gasteiger partial charge in [-0.05, 0) is 50.5 Å². The van der Waals surface area contributed by atoms with Gasteiger partial charge in [0.25, 0.3) is 0 Å². The third kappa shape index (κ3) is 5.83. The molecular weight excluding hydrogens is 412 g/mol. The van der Waals surface area contributed by atoms with Gasteiger partial charge in [0.15, 0.2) is 0 Å². The van der Waals surface area contributed by atoms with Crippen LogP contribution in [0.1, 0.15) is 63.8 Å². The lowest BCUT2D eigenvalue weighted by Crippen LogP contribution is -2.09. The molecule has 0 unspecified atom stereocenters. The summed E-state index contributed by atoms with van der Waals surface area (Å²) in [7, 11) is 0. The van der Waals surface area contributed by atoms with E-state index >= 15 is 0 Å². The van der Waals surface area contributed by atoms with E-state index in [0.717, 1.165) is 47.1 Å². The average Bonchev–Trinajstić information content (AvgIpc) is 3.28. The van der Waals surface area contributed by atoms with Gasteiger partial charge < -0.3 is 9.15 Å². The molecule has 0 radical (unpaired) electrons. The second-order valence-electron chi connectivity index (χ2n) is 8.64. The minimum atomic E-state index is 0.0118. The number of nitrogens with zero attached hydrogens (tertiary/aromatic N) is 4. The van der Waals surface area contributed by atoms with Crippen molar-refractivity contribution in [3.8, 4) is 17.1 Å². The van der Waals surface area contributed by atoms with Crippen molar-refractivity contribution >= 4 is 17.1 Å². The Morgan fingerprint density at radius 1 is 0.939 bits per heavy atom. The van der Waals surface area contributed by atoms with E-state index in [1.165, 1.54) is 0 Å². The second-order valence-corrected chi connectivity index (χ2v) is 8.64. The van der Waals surface area contributed by atoms with E-state index in [1.54, 1.807) is 0 Å². The Bertz CT molecular complexity index is 1240. The first-order chi connectivity index (χ1) is 16.0. The lowest BCUT2D eigenvalue weighted by atomic mass is 10.1. The molecule has 0 saturated carbocycles. The highest BCUT2D eigenvalue weighted by Crippen LogP contribution is 2.30. The van der Waals surface area contributed by atoms with Gasteiger partial charge in [-0.15, -0.1) is 10.2 Å². The molecule has 0 spiro atoms. The molecule has 0 fully saturated rings. The fourth-order valence-electron chi connectivity index (χ4n) is 3.46. The highest BCUT2D eigenvalue weighted by Gasteiger charge is 2.14. The highest BCUT2D eigenvalue weighted by molar-refractivity contribution is 5.80. The van der Waals surface area contributed by atoms with Gasteiger partial charge in [0.05, 0.1) is 17.1 Å². The number of rotatable bonds is 9. The van der Waals surface area contributed by atoms with Crippen molar-refractivity contribution in [2.24, 2.45) is 0 Å². The van der Waals surface area contributed by atoms with Gasteiger partial charge in [0.2, 0.25) is 17.7 Å². The summed E-state index contributed by atoms with van der Waals surface area (Å²) in [6.45, 7) is 8.10. The van der Waals surface area contributed by atoms with Gasteiger partial charge in [-0.2, -0.15) is 0 Å². The Balaban J connectivity index is 1.47. The Morgan fingerprint density at radius 3 is 2.45 bits per heavy atom. The largest absolute Gasteiger partial charge is 0.473 e. The van der Waals surface area contributed by atoms with Crippen molar-refractivity contribution in [3.05, 3.63) is 72.0 Å². The summed E-state index contributed by atoms with van der Waals surface area (Å²) in [6, 6.07) is 16.2. The summed E-state index contributed by atoms with van der Waals surface area (Å²) in [5.74, 6) is 2.24. The molecule has 0 aliphatic carbocycles. The van der Waals surface area contributed by atoms with Crippen LogP contribution in [-0.2, 0) is 6.42 Å². The third-order valence-corrected chi connectivity index (χ3v) is 5.09. The van der Waals surface area contributed by atoms with Crippen molar-refractivity contribution in [2.75, 3.05) is 0 Å². The fourth-order valence-corrected chi connectivity index (χ4v) is 3.46. The molecule has 0 saturated heterocycles. The predicted molar refractivity (Wildman–Crippen MR) is 131 cm³/mol. The normalized spacial score (nSPS) is 11.8. The summed E-state index contributed by atoms with van der Waals surface area (Å²) < 4.78 is 11.7. The summed E-state index contributed by atoms with van der Waals surface area (Å²) in [5, 5.41) is 8.21. The molecule has 0 amide bonds. The van der Waals surface area contributed by atoms with Crippen molar-refractivity contribution in [2.45, 2.75) is 59.0 Å². The molecule has 4 aromatic rings. The predicted octanol–water partition coefficient (Wildman–Crippen LogP) is 6.63. The summed E-state index contributed by atoms with van der Waals surface area (Å²) in [6.07, 6.45) is 6.99. The molecule has 2 aromatic heterocycles. The first-order valence-electron chi connectivity index (χ1n) is 11.5. The molecule has 2 heterocycles. The maximum absolute atomic E-state index is 6.01. The molecule has 0 aliphatic heterocycles. The van der Waals surface area contributed by atoms with Crippen LogP contribution in [0.5, 0.6) is 5.88 Å². The molecule has 4 rings (SSSR count).